The van der Waals surface area contributed by atoms with Crippen LogP contribution in [-0.2, 0) is 0 Å². The lowest BCUT2D eigenvalue weighted by Crippen LogP contribution is -2.26. The van der Waals surface area contributed by atoms with Crippen molar-refractivity contribution in [1.29, 1.82) is 0 Å². The molecule has 0 amide bonds. The van der Waals surface area contributed by atoms with Crippen molar-refractivity contribution in [2.75, 3.05) is 12.1 Å². The van der Waals surface area contributed by atoms with Crippen LogP contribution < -0.4 is 10.9 Å². The highest BCUT2D eigenvalue weighted by Crippen LogP contribution is 2.44. The molecule has 3 rings (SSSR count). The van der Waals surface area contributed by atoms with E-state index in [0.717, 1.165) is 27.5 Å². The molecule has 1 saturated carbocycles. The molecule has 2 aromatic rings. The highest BCUT2D eigenvalue weighted by atomic mass is 32.1. The molecule has 1 aromatic heterocycles. The molecule has 2 N–H and O–H groups in total. The number of thiophene rings is 1. The van der Waals surface area contributed by atoms with Gasteiger partial charge in [0.2, 0.25) is 0 Å². The van der Waals surface area contributed by atoms with Crippen LogP contribution in [0.25, 0.3) is 12.2 Å². The molecule has 4 heteroatoms. The summed E-state index contributed by atoms with van der Waals surface area (Å²) < 4.78 is 13.0. The van der Waals surface area contributed by atoms with Gasteiger partial charge in [-0.1, -0.05) is 18.2 Å². The van der Waals surface area contributed by atoms with Crippen LogP contribution in [-0.4, -0.2) is 7.05 Å². The largest absolute Gasteiger partial charge is 0.314 e. The van der Waals surface area contributed by atoms with E-state index in [9.17, 15) is 4.39 Å². The van der Waals surface area contributed by atoms with Gasteiger partial charge in [-0.05, 0) is 48.6 Å². The van der Waals surface area contributed by atoms with Crippen molar-refractivity contribution in [3.05, 3.63) is 51.5 Å². The Labute approximate surface area is 122 Å². The van der Waals surface area contributed by atoms with Crippen LogP contribution in [0.5, 0.6) is 0 Å². The fraction of sp³-hybridized carbons (Fsp3) is 0.250. The summed E-state index contributed by atoms with van der Waals surface area (Å²) in [4.78, 5) is 0.915. The van der Waals surface area contributed by atoms with E-state index in [2.05, 4.69) is 18.2 Å². The predicted octanol–water partition coefficient (Wildman–Crippen LogP) is 4.24. The van der Waals surface area contributed by atoms with Crippen molar-refractivity contribution in [2.24, 2.45) is 5.84 Å². The van der Waals surface area contributed by atoms with Gasteiger partial charge in [-0.3, -0.25) is 0 Å². The van der Waals surface area contributed by atoms with Gasteiger partial charge in [0, 0.05) is 17.5 Å². The molecular weight excluding hydrogens is 271 g/mol. The smallest absolute Gasteiger partial charge is 0.176 e. The molecule has 0 atom stereocenters. The topological polar surface area (TPSA) is 29.3 Å². The maximum atomic E-state index is 13.0. The van der Waals surface area contributed by atoms with Crippen molar-refractivity contribution in [3.8, 4) is 0 Å². The average Bonchev–Trinajstić information content (AvgIpc) is 3.19. The zero-order valence-corrected chi connectivity index (χ0v) is 12.2. The normalized spacial score (nSPS) is 14.9. The first kappa shape index (κ1) is 13.3. The van der Waals surface area contributed by atoms with Gasteiger partial charge in [0.15, 0.2) is 5.13 Å². The van der Waals surface area contributed by atoms with E-state index >= 15 is 0 Å². The second-order valence-corrected chi connectivity index (χ2v) is 6.21. The molecular formula is C16H17FN2S. The SMILES string of the molecule is CN(N)c1cccc(C2CC2)c1/C=C/c1ccc(F)s1. The summed E-state index contributed by atoms with van der Waals surface area (Å²) >= 11 is 1.15. The van der Waals surface area contributed by atoms with Gasteiger partial charge in [-0.2, -0.15) is 4.39 Å². The van der Waals surface area contributed by atoms with E-state index < -0.39 is 0 Å². The second kappa shape index (κ2) is 5.38. The number of anilines is 1. The van der Waals surface area contributed by atoms with Crippen LogP contribution >= 0.6 is 11.3 Å². The zero-order chi connectivity index (χ0) is 14.1. The van der Waals surface area contributed by atoms with Crippen molar-refractivity contribution in [1.82, 2.24) is 0 Å². The third-order valence-corrected chi connectivity index (χ3v) is 4.36. The van der Waals surface area contributed by atoms with Gasteiger partial charge in [-0.25, -0.2) is 5.84 Å². The average molecular weight is 288 g/mol. The monoisotopic (exact) mass is 288 g/mol. The van der Waals surface area contributed by atoms with E-state index in [1.54, 1.807) is 11.1 Å². The van der Waals surface area contributed by atoms with E-state index in [4.69, 9.17) is 5.84 Å². The number of halogens is 1. The third kappa shape index (κ3) is 2.76. The van der Waals surface area contributed by atoms with E-state index in [1.807, 2.05) is 19.2 Å². The maximum Gasteiger partial charge on any atom is 0.176 e. The van der Waals surface area contributed by atoms with Crippen LogP contribution in [0.4, 0.5) is 10.1 Å². The summed E-state index contributed by atoms with van der Waals surface area (Å²) in [6.45, 7) is 0. The van der Waals surface area contributed by atoms with Gasteiger partial charge < -0.3 is 5.01 Å². The molecule has 0 saturated heterocycles. The molecule has 0 aliphatic heterocycles. The predicted molar refractivity (Wildman–Crippen MR) is 84.2 cm³/mol. The fourth-order valence-electron chi connectivity index (χ4n) is 2.39. The number of hydrogen-bond donors (Lipinski definition) is 1. The maximum absolute atomic E-state index is 13.0. The number of hydrogen-bond acceptors (Lipinski definition) is 3. The van der Waals surface area contributed by atoms with E-state index in [-0.39, 0.29) is 5.13 Å². The minimum atomic E-state index is -0.156. The summed E-state index contributed by atoms with van der Waals surface area (Å²) in [5.41, 5.74) is 3.49. The van der Waals surface area contributed by atoms with Crippen LogP contribution in [0.2, 0.25) is 0 Å². The highest BCUT2D eigenvalue weighted by molar-refractivity contribution is 7.11. The minimum absolute atomic E-state index is 0.156. The molecule has 0 bridgehead atoms. The quantitative estimate of drug-likeness (QED) is 0.673. The molecule has 1 aromatic carbocycles. The minimum Gasteiger partial charge on any atom is -0.314 e. The summed E-state index contributed by atoms with van der Waals surface area (Å²) in [7, 11) is 1.84. The van der Waals surface area contributed by atoms with Gasteiger partial charge in [0.25, 0.3) is 0 Å². The van der Waals surface area contributed by atoms with Crippen molar-refractivity contribution in [2.45, 2.75) is 18.8 Å². The van der Waals surface area contributed by atoms with Crippen LogP contribution in [0, 0.1) is 5.13 Å². The molecule has 0 radical (unpaired) electrons. The molecule has 104 valence electrons. The number of hydrazine groups is 1. The lowest BCUT2D eigenvalue weighted by Gasteiger charge is -2.18. The Morgan fingerprint density at radius 2 is 2.05 bits per heavy atom. The second-order valence-electron chi connectivity index (χ2n) is 5.14. The molecule has 1 heterocycles. The van der Waals surface area contributed by atoms with Crippen LogP contribution in [0.1, 0.15) is 34.8 Å². The Morgan fingerprint density at radius 3 is 2.65 bits per heavy atom. The van der Waals surface area contributed by atoms with Gasteiger partial charge in [0.1, 0.15) is 0 Å². The molecule has 0 spiro atoms. The summed E-state index contributed by atoms with van der Waals surface area (Å²) in [5.74, 6) is 6.57. The Balaban J connectivity index is 1.99. The Morgan fingerprint density at radius 1 is 1.25 bits per heavy atom. The molecule has 1 aliphatic rings. The number of nitrogens with zero attached hydrogens (tertiary/aromatic N) is 1. The van der Waals surface area contributed by atoms with Crippen molar-refractivity contribution >= 4 is 29.2 Å². The van der Waals surface area contributed by atoms with Crippen LogP contribution in [0.15, 0.2) is 30.3 Å². The molecule has 2 nitrogen and oxygen atoms in total. The fourth-order valence-corrected chi connectivity index (χ4v) is 3.03. The molecule has 1 fully saturated rings. The molecule has 1 aliphatic carbocycles. The highest BCUT2D eigenvalue weighted by Gasteiger charge is 2.26. The first-order valence-corrected chi connectivity index (χ1v) is 7.51. The Bertz CT molecular complexity index is 621. The molecule has 20 heavy (non-hydrogen) atoms. The first-order chi connectivity index (χ1) is 9.65. The zero-order valence-electron chi connectivity index (χ0n) is 11.3. The lowest BCUT2D eigenvalue weighted by atomic mass is 10.0. The molecule has 0 unspecified atom stereocenters. The van der Waals surface area contributed by atoms with Gasteiger partial charge in [-0.15, -0.1) is 11.3 Å². The summed E-state index contributed by atoms with van der Waals surface area (Å²) in [6.07, 6.45) is 6.50. The lowest BCUT2D eigenvalue weighted by molar-refractivity contribution is 0.657. The van der Waals surface area contributed by atoms with E-state index in [1.165, 1.54) is 24.5 Å². The van der Waals surface area contributed by atoms with Gasteiger partial charge >= 0.3 is 0 Å². The summed E-state index contributed by atoms with van der Waals surface area (Å²) in [5, 5.41) is 1.48. The number of nitrogens with two attached hydrogens (primary N) is 1. The van der Waals surface area contributed by atoms with Crippen molar-refractivity contribution < 1.29 is 4.39 Å². The summed E-state index contributed by atoms with van der Waals surface area (Å²) in [6, 6.07) is 9.52. The first-order valence-electron chi connectivity index (χ1n) is 6.70. The Kier molecular flexibility index (Phi) is 3.59. The Hall–Kier alpha value is -1.65. The van der Waals surface area contributed by atoms with Crippen LogP contribution in [0.3, 0.4) is 0 Å². The van der Waals surface area contributed by atoms with Gasteiger partial charge in [0.05, 0.1) is 5.69 Å². The van der Waals surface area contributed by atoms with Crippen molar-refractivity contribution in [3.63, 3.8) is 0 Å². The standard InChI is InChI=1S/C16H17FN2S/c1-19(18)15-4-2-3-13(11-5-6-11)14(15)9-7-12-8-10-16(17)20-12/h2-4,7-11H,5-6,18H2,1H3/b9-7+. The number of benzene rings is 1. The third-order valence-electron chi connectivity index (χ3n) is 3.52. The number of rotatable bonds is 4. The van der Waals surface area contributed by atoms with E-state index in [0.29, 0.717) is 5.92 Å².